The standard InChI is InChI=1S/C6H15NO2S2/c8-4-1-7-2-5-11(10-9)6-3-7/h8-9,11H,1-6H2. The molecule has 0 atom stereocenters. The molecule has 0 radical (unpaired) electrons. The summed E-state index contributed by atoms with van der Waals surface area (Å²) in [5.41, 5.74) is 0. The molecule has 2 N–H and O–H groups in total. The minimum absolute atomic E-state index is 0.158. The van der Waals surface area contributed by atoms with Gasteiger partial charge in [0.25, 0.3) is 0 Å². The molecule has 0 amide bonds. The highest BCUT2D eigenvalue weighted by Gasteiger charge is 2.15. The van der Waals surface area contributed by atoms with Gasteiger partial charge in [-0.05, 0) is 11.5 Å². The SMILES string of the molecule is OCCN1CC[SH](SO)CC1. The highest BCUT2D eigenvalue weighted by atomic mass is 33.1. The topological polar surface area (TPSA) is 43.7 Å². The van der Waals surface area contributed by atoms with Crippen molar-refractivity contribution in [3.8, 4) is 0 Å². The van der Waals surface area contributed by atoms with E-state index in [9.17, 15) is 0 Å². The Morgan fingerprint density at radius 3 is 2.45 bits per heavy atom. The molecule has 0 aromatic rings. The van der Waals surface area contributed by atoms with Crippen molar-refractivity contribution in [2.24, 2.45) is 0 Å². The molecule has 0 spiro atoms. The summed E-state index contributed by atoms with van der Waals surface area (Å²) in [6, 6.07) is 0. The van der Waals surface area contributed by atoms with Crippen LogP contribution in [0.1, 0.15) is 0 Å². The van der Waals surface area contributed by atoms with Gasteiger partial charge < -0.3 is 9.66 Å². The van der Waals surface area contributed by atoms with E-state index in [2.05, 4.69) is 4.90 Å². The van der Waals surface area contributed by atoms with Gasteiger partial charge in [-0.25, -0.2) is 0 Å². The van der Waals surface area contributed by atoms with Crippen LogP contribution in [0.3, 0.4) is 0 Å². The minimum Gasteiger partial charge on any atom is -0.395 e. The van der Waals surface area contributed by atoms with Crippen molar-refractivity contribution in [3.05, 3.63) is 0 Å². The number of hydrogen-bond acceptors (Lipinski definition) is 4. The van der Waals surface area contributed by atoms with Crippen LogP contribution in [0.15, 0.2) is 0 Å². The van der Waals surface area contributed by atoms with Gasteiger partial charge in [0.2, 0.25) is 0 Å². The number of thiol groups is 1. The second-order valence-electron chi connectivity index (χ2n) is 2.58. The normalized spacial score (nSPS) is 24.0. The number of β-amino-alcohol motifs (C(OH)–C–C–N with tert-alkyl or cyclic N) is 1. The number of aliphatic hydroxyl groups is 1. The van der Waals surface area contributed by atoms with Crippen molar-refractivity contribution < 1.29 is 9.66 Å². The van der Waals surface area contributed by atoms with Crippen molar-refractivity contribution in [1.82, 2.24) is 4.90 Å². The van der Waals surface area contributed by atoms with E-state index < -0.39 is 0 Å². The first-order chi connectivity index (χ1) is 5.36. The van der Waals surface area contributed by atoms with Gasteiger partial charge >= 0.3 is 0 Å². The third-order valence-electron chi connectivity index (χ3n) is 1.86. The largest absolute Gasteiger partial charge is 0.395 e. The molecule has 11 heavy (non-hydrogen) atoms. The van der Waals surface area contributed by atoms with Crippen LogP contribution < -0.4 is 0 Å². The summed E-state index contributed by atoms with van der Waals surface area (Å²) in [6.45, 7) is 3.13. The Kier molecular flexibility index (Phi) is 4.63. The average molecular weight is 197 g/mol. The van der Waals surface area contributed by atoms with Crippen molar-refractivity contribution in [3.63, 3.8) is 0 Å². The predicted octanol–water partition coefficient (Wildman–Crippen LogP) is 0.417. The summed E-state index contributed by atoms with van der Waals surface area (Å²) in [5.74, 6) is 2.22. The molecule has 68 valence electrons. The summed E-state index contributed by atoms with van der Waals surface area (Å²) in [5, 5.41) is 8.65. The number of nitrogens with zero attached hydrogens (tertiary/aromatic N) is 1. The van der Waals surface area contributed by atoms with Gasteiger partial charge in [0.15, 0.2) is 0 Å². The van der Waals surface area contributed by atoms with Crippen LogP contribution >= 0.6 is 21.0 Å². The number of rotatable bonds is 3. The highest BCUT2D eigenvalue weighted by Crippen LogP contribution is 2.39. The van der Waals surface area contributed by atoms with Gasteiger partial charge in [0.05, 0.1) is 6.61 Å². The molecule has 1 aliphatic rings. The maximum atomic E-state index is 8.78. The summed E-state index contributed by atoms with van der Waals surface area (Å²) in [4.78, 5) is 2.25. The van der Waals surface area contributed by atoms with Crippen LogP contribution in [-0.2, 0) is 0 Å². The van der Waals surface area contributed by atoms with Crippen LogP contribution in [0.25, 0.3) is 0 Å². The summed E-state index contributed by atoms with van der Waals surface area (Å²) in [6.07, 6.45) is 0. The molecular weight excluding hydrogens is 182 g/mol. The first kappa shape index (κ1) is 9.67. The molecule has 1 rings (SSSR count). The van der Waals surface area contributed by atoms with E-state index in [1.807, 2.05) is 0 Å². The molecule has 0 aromatic carbocycles. The maximum absolute atomic E-state index is 8.78. The Balaban J connectivity index is 2.14. The van der Waals surface area contributed by atoms with Crippen molar-refractivity contribution in [1.29, 1.82) is 0 Å². The highest BCUT2D eigenvalue weighted by molar-refractivity contribution is 8.83. The van der Waals surface area contributed by atoms with Gasteiger partial charge in [-0.1, -0.05) is 0 Å². The summed E-state index contributed by atoms with van der Waals surface area (Å²) in [7, 11) is -0.158. The van der Waals surface area contributed by atoms with Crippen molar-refractivity contribution >= 4 is 21.0 Å². The zero-order valence-corrected chi connectivity index (χ0v) is 8.15. The fraction of sp³-hybridized carbons (Fsp3) is 1.00. The Bertz CT molecular complexity index is 107. The molecule has 0 bridgehead atoms. The fourth-order valence-corrected chi connectivity index (χ4v) is 3.55. The number of aliphatic hydroxyl groups excluding tert-OH is 1. The first-order valence-corrected chi connectivity index (χ1v) is 6.85. The summed E-state index contributed by atoms with van der Waals surface area (Å²) >= 11 is 1.04. The first-order valence-electron chi connectivity index (χ1n) is 3.76. The monoisotopic (exact) mass is 197 g/mol. The van der Waals surface area contributed by atoms with Crippen molar-refractivity contribution in [2.75, 3.05) is 37.7 Å². The lowest BCUT2D eigenvalue weighted by Gasteiger charge is -2.31. The lowest BCUT2D eigenvalue weighted by molar-refractivity contribution is 0.208. The summed E-state index contributed by atoms with van der Waals surface area (Å²) < 4.78 is 8.78. The lowest BCUT2D eigenvalue weighted by atomic mass is 10.5. The Morgan fingerprint density at radius 2 is 2.00 bits per heavy atom. The molecule has 1 saturated heterocycles. The molecule has 1 heterocycles. The molecule has 1 aliphatic heterocycles. The molecule has 1 fully saturated rings. The Labute approximate surface area is 73.7 Å². The van der Waals surface area contributed by atoms with Crippen LogP contribution in [-0.4, -0.2) is 52.3 Å². The average Bonchev–Trinajstić information content (AvgIpc) is 2.07. The van der Waals surface area contributed by atoms with Crippen molar-refractivity contribution in [2.45, 2.75) is 0 Å². The number of hydrogen-bond donors (Lipinski definition) is 3. The van der Waals surface area contributed by atoms with E-state index in [0.717, 1.165) is 42.2 Å². The molecular formula is C6H15NO2S2. The maximum Gasteiger partial charge on any atom is 0.0558 e. The quantitative estimate of drug-likeness (QED) is 0.348. The van der Waals surface area contributed by atoms with Gasteiger partial charge in [-0.2, -0.15) is 9.93 Å². The molecule has 0 saturated carbocycles. The van der Waals surface area contributed by atoms with Gasteiger partial charge in [0.1, 0.15) is 0 Å². The Morgan fingerprint density at radius 1 is 1.36 bits per heavy atom. The van der Waals surface area contributed by atoms with E-state index in [0.29, 0.717) is 0 Å². The molecule has 5 heteroatoms. The van der Waals surface area contributed by atoms with Gasteiger partial charge in [-0.3, -0.25) is 4.90 Å². The van der Waals surface area contributed by atoms with Crippen LogP contribution in [0.2, 0.25) is 0 Å². The van der Waals surface area contributed by atoms with Crippen LogP contribution in [0, 0.1) is 0 Å². The van der Waals surface area contributed by atoms with E-state index in [-0.39, 0.29) is 16.5 Å². The van der Waals surface area contributed by atoms with E-state index in [4.69, 9.17) is 9.66 Å². The van der Waals surface area contributed by atoms with Gasteiger partial charge in [0, 0.05) is 30.7 Å². The molecule has 0 aromatic heterocycles. The lowest BCUT2D eigenvalue weighted by Crippen LogP contribution is -2.36. The van der Waals surface area contributed by atoms with Crippen LogP contribution in [0.4, 0.5) is 0 Å². The van der Waals surface area contributed by atoms with E-state index in [1.165, 1.54) is 0 Å². The van der Waals surface area contributed by atoms with E-state index in [1.54, 1.807) is 0 Å². The predicted molar refractivity (Wildman–Crippen MR) is 52.5 cm³/mol. The van der Waals surface area contributed by atoms with Crippen LogP contribution in [0.5, 0.6) is 0 Å². The fourth-order valence-electron chi connectivity index (χ4n) is 1.18. The minimum atomic E-state index is -0.158. The second kappa shape index (κ2) is 5.27. The molecule has 0 unspecified atom stereocenters. The second-order valence-corrected chi connectivity index (χ2v) is 6.64. The molecule has 0 aliphatic carbocycles. The third-order valence-corrected chi connectivity index (χ3v) is 5.28. The smallest absolute Gasteiger partial charge is 0.0558 e. The molecule has 3 nitrogen and oxygen atoms in total. The zero-order valence-electron chi connectivity index (χ0n) is 6.44. The zero-order chi connectivity index (χ0) is 8.10. The van der Waals surface area contributed by atoms with Gasteiger partial charge in [-0.15, -0.1) is 0 Å². The Hall–Kier alpha value is 0.580. The van der Waals surface area contributed by atoms with E-state index >= 15 is 0 Å². The third kappa shape index (κ3) is 3.21.